The van der Waals surface area contributed by atoms with Crippen molar-refractivity contribution in [2.75, 3.05) is 13.1 Å². The van der Waals surface area contributed by atoms with Crippen LogP contribution >= 0.6 is 0 Å². The van der Waals surface area contributed by atoms with Crippen molar-refractivity contribution in [3.8, 4) is 12.3 Å². The maximum atomic E-state index is 12.0. The van der Waals surface area contributed by atoms with E-state index in [0.29, 0.717) is 12.0 Å². The van der Waals surface area contributed by atoms with Crippen LogP contribution in [0.1, 0.15) is 39.0 Å². The third-order valence-electron chi connectivity index (χ3n) is 4.61. The highest BCUT2D eigenvalue weighted by Crippen LogP contribution is 2.36. The van der Waals surface area contributed by atoms with Crippen LogP contribution in [0.3, 0.4) is 0 Å². The Morgan fingerprint density at radius 1 is 1.47 bits per heavy atom. The molecule has 2 N–H and O–H groups in total. The van der Waals surface area contributed by atoms with Crippen molar-refractivity contribution in [2.45, 2.75) is 57.2 Å². The number of nitrogens with one attached hydrogen (secondary N) is 1. The average Bonchev–Trinajstić information content (AvgIpc) is 3.02. The molecule has 4 nitrogen and oxygen atoms in total. The standard InChI is InChI=1S/C15H24N2O2/c1-3-9-16-15(19)11(2)17-10-5-7-13(17)12-6-4-8-14(12)18/h1,11-14,18H,4-10H2,2H3,(H,16,19). The van der Waals surface area contributed by atoms with Crippen LogP contribution in [-0.4, -0.2) is 47.2 Å². The lowest BCUT2D eigenvalue weighted by Crippen LogP contribution is -2.50. The molecule has 1 saturated heterocycles. The van der Waals surface area contributed by atoms with Gasteiger partial charge in [0.1, 0.15) is 0 Å². The number of nitrogens with zero attached hydrogens (tertiary/aromatic N) is 1. The SMILES string of the molecule is C#CCNC(=O)C(C)N1CCCC1C1CCCC1O. The molecule has 4 atom stereocenters. The van der Waals surface area contributed by atoms with Gasteiger partial charge in [-0.1, -0.05) is 12.3 Å². The van der Waals surface area contributed by atoms with Crippen LogP contribution in [0.2, 0.25) is 0 Å². The molecule has 2 aliphatic rings. The first-order valence-electron chi connectivity index (χ1n) is 7.30. The third kappa shape index (κ3) is 3.10. The summed E-state index contributed by atoms with van der Waals surface area (Å²) in [6.07, 6.45) is 10.3. The van der Waals surface area contributed by atoms with Crippen molar-refractivity contribution in [1.29, 1.82) is 0 Å². The summed E-state index contributed by atoms with van der Waals surface area (Å²) in [6, 6.07) is 0.192. The Bertz CT molecular complexity index is 364. The topological polar surface area (TPSA) is 52.6 Å². The predicted molar refractivity (Wildman–Crippen MR) is 74.4 cm³/mol. The number of aliphatic hydroxyl groups is 1. The minimum Gasteiger partial charge on any atom is -0.393 e. The quantitative estimate of drug-likeness (QED) is 0.737. The molecule has 0 spiro atoms. The highest BCUT2D eigenvalue weighted by atomic mass is 16.3. The third-order valence-corrected chi connectivity index (χ3v) is 4.61. The van der Waals surface area contributed by atoms with Gasteiger partial charge < -0.3 is 10.4 Å². The Morgan fingerprint density at radius 3 is 2.89 bits per heavy atom. The molecule has 4 unspecified atom stereocenters. The second-order valence-electron chi connectivity index (χ2n) is 5.71. The van der Waals surface area contributed by atoms with Gasteiger partial charge in [0.2, 0.25) is 5.91 Å². The van der Waals surface area contributed by atoms with Crippen molar-refractivity contribution in [3.05, 3.63) is 0 Å². The van der Waals surface area contributed by atoms with E-state index in [1.54, 1.807) is 0 Å². The summed E-state index contributed by atoms with van der Waals surface area (Å²) >= 11 is 0. The summed E-state index contributed by atoms with van der Waals surface area (Å²) < 4.78 is 0. The molecule has 0 radical (unpaired) electrons. The van der Waals surface area contributed by atoms with Crippen LogP contribution in [0, 0.1) is 18.3 Å². The Kier molecular flexibility index (Phi) is 4.84. The number of likely N-dealkylation sites (tertiary alicyclic amines) is 1. The molecular formula is C15H24N2O2. The van der Waals surface area contributed by atoms with Crippen molar-refractivity contribution < 1.29 is 9.90 Å². The smallest absolute Gasteiger partial charge is 0.237 e. The van der Waals surface area contributed by atoms with E-state index in [1.165, 1.54) is 0 Å². The zero-order valence-electron chi connectivity index (χ0n) is 11.6. The van der Waals surface area contributed by atoms with E-state index >= 15 is 0 Å². The van der Waals surface area contributed by atoms with Crippen LogP contribution in [0.5, 0.6) is 0 Å². The first kappa shape index (κ1) is 14.4. The highest BCUT2D eigenvalue weighted by molar-refractivity contribution is 5.81. The van der Waals surface area contributed by atoms with Gasteiger partial charge in [-0.2, -0.15) is 0 Å². The molecule has 4 heteroatoms. The number of hydrogen-bond acceptors (Lipinski definition) is 3. The fraction of sp³-hybridized carbons (Fsp3) is 0.800. The number of terminal acetylenes is 1. The van der Waals surface area contributed by atoms with E-state index in [4.69, 9.17) is 6.42 Å². The summed E-state index contributed by atoms with van der Waals surface area (Å²) in [4.78, 5) is 14.3. The molecule has 2 fully saturated rings. The molecule has 0 aromatic carbocycles. The summed E-state index contributed by atoms with van der Waals surface area (Å²) in [7, 11) is 0. The van der Waals surface area contributed by atoms with Gasteiger partial charge in [-0.25, -0.2) is 0 Å². The summed E-state index contributed by atoms with van der Waals surface area (Å²) in [5, 5.41) is 12.8. The van der Waals surface area contributed by atoms with Crippen LogP contribution in [-0.2, 0) is 4.79 Å². The summed E-state index contributed by atoms with van der Waals surface area (Å²) in [5.41, 5.74) is 0. The molecule has 106 valence electrons. The Morgan fingerprint density at radius 2 is 2.26 bits per heavy atom. The maximum absolute atomic E-state index is 12.0. The minimum absolute atomic E-state index is 0.00247. The van der Waals surface area contributed by atoms with E-state index in [0.717, 1.165) is 38.6 Å². The molecular weight excluding hydrogens is 240 g/mol. The van der Waals surface area contributed by atoms with Crippen molar-refractivity contribution in [3.63, 3.8) is 0 Å². The van der Waals surface area contributed by atoms with Gasteiger partial charge >= 0.3 is 0 Å². The predicted octanol–water partition coefficient (Wildman–Crippen LogP) is 0.750. The zero-order valence-corrected chi connectivity index (χ0v) is 11.6. The number of amides is 1. The summed E-state index contributed by atoms with van der Waals surface area (Å²) in [5.74, 6) is 2.76. The van der Waals surface area contributed by atoms with Crippen LogP contribution in [0.4, 0.5) is 0 Å². The lowest BCUT2D eigenvalue weighted by Gasteiger charge is -2.34. The largest absolute Gasteiger partial charge is 0.393 e. The van der Waals surface area contributed by atoms with Gasteiger partial charge in [0.05, 0.1) is 18.7 Å². The maximum Gasteiger partial charge on any atom is 0.237 e. The second kappa shape index (κ2) is 6.40. The molecule has 1 aliphatic heterocycles. The van der Waals surface area contributed by atoms with E-state index in [-0.39, 0.29) is 24.6 Å². The normalized spacial score (nSPS) is 33.0. The molecule has 1 saturated carbocycles. The first-order chi connectivity index (χ1) is 9.15. The van der Waals surface area contributed by atoms with Gasteiger partial charge in [-0.3, -0.25) is 9.69 Å². The van der Waals surface area contributed by atoms with E-state index in [2.05, 4.69) is 16.1 Å². The molecule has 1 aliphatic carbocycles. The molecule has 1 amide bonds. The van der Waals surface area contributed by atoms with Gasteiger partial charge in [-0.15, -0.1) is 6.42 Å². The number of carbonyl (C=O) groups is 1. The fourth-order valence-corrected chi connectivity index (χ4v) is 3.61. The number of rotatable bonds is 4. The first-order valence-corrected chi connectivity index (χ1v) is 7.30. The molecule has 19 heavy (non-hydrogen) atoms. The molecule has 0 aromatic rings. The lowest BCUT2D eigenvalue weighted by atomic mass is 9.93. The van der Waals surface area contributed by atoms with E-state index in [1.807, 2.05) is 6.92 Å². The molecule has 0 aromatic heterocycles. The highest BCUT2D eigenvalue weighted by Gasteiger charge is 2.41. The minimum atomic E-state index is -0.188. The lowest BCUT2D eigenvalue weighted by molar-refractivity contribution is -0.126. The number of carbonyl (C=O) groups excluding carboxylic acids is 1. The van der Waals surface area contributed by atoms with Gasteiger partial charge in [-0.05, 0) is 39.2 Å². The zero-order chi connectivity index (χ0) is 13.8. The molecule has 2 rings (SSSR count). The van der Waals surface area contributed by atoms with Gasteiger partial charge in [0, 0.05) is 12.0 Å². The van der Waals surface area contributed by atoms with Crippen LogP contribution in [0.15, 0.2) is 0 Å². The Hall–Kier alpha value is -1.05. The Balaban J connectivity index is 1.98. The van der Waals surface area contributed by atoms with Crippen LogP contribution in [0.25, 0.3) is 0 Å². The average molecular weight is 264 g/mol. The number of aliphatic hydroxyl groups excluding tert-OH is 1. The van der Waals surface area contributed by atoms with Gasteiger partial charge in [0.25, 0.3) is 0 Å². The molecule has 1 heterocycles. The van der Waals surface area contributed by atoms with Gasteiger partial charge in [0.15, 0.2) is 0 Å². The van der Waals surface area contributed by atoms with Crippen molar-refractivity contribution in [2.24, 2.45) is 5.92 Å². The summed E-state index contributed by atoms with van der Waals surface area (Å²) in [6.45, 7) is 3.16. The number of hydrogen-bond donors (Lipinski definition) is 2. The molecule has 0 bridgehead atoms. The van der Waals surface area contributed by atoms with E-state index < -0.39 is 0 Å². The van der Waals surface area contributed by atoms with Crippen molar-refractivity contribution >= 4 is 5.91 Å². The van der Waals surface area contributed by atoms with Crippen molar-refractivity contribution in [1.82, 2.24) is 10.2 Å². The van der Waals surface area contributed by atoms with Crippen LogP contribution < -0.4 is 5.32 Å². The Labute approximate surface area is 115 Å². The fourth-order valence-electron chi connectivity index (χ4n) is 3.61. The monoisotopic (exact) mass is 264 g/mol. The second-order valence-corrected chi connectivity index (χ2v) is 5.71. The van der Waals surface area contributed by atoms with E-state index in [9.17, 15) is 9.90 Å².